The number of anilines is 1. The van der Waals surface area contributed by atoms with Crippen LogP contribution in [0.1, 0.15) is 6.92 Å². The van der Waals surface area contributed by atoms with Crippen molar-refractivity contribution in [3.05, 3.63) is 30.1 Å². The highest BCUT2D eigenvalue weighted by molar-refractivity contribution is 5.92. The number of ether oxygens (including phenoxy) is 1. The lowest BCUT2D eigenvalue weighted by Crippen LogP contribution is -2.52. The number of rotatable bonds is 6. The quantitative estimate of drug-likeness (QED) is 0.796. The zero-order valence-electron chi connectivity index (χ0n) is 15.6. The maximum atomic E-state index is 13.1. The zero-order chi connectivity index (χ0) is 19.8. The topological polar surface area (TPSA) is 82.2 Å². The molecule has 0 unspecified atom stereocenters. The second kappa shape index (κ2) is 9.86. The molecule has 0 saturated carbocycles. The fourth-order valence-electron chi connectivity index (χ4n) is 2.75. The van der Waals surface area contributed by atoms with Gasteiger partial charge in [0.1, 0.15) is 5.82 Å². The minimum absolute atomic E-state index is 0.00500. The Morgan fingerprint density at radius 2 is 1.81 bits per heavy atom. The van der Waals surface area contributed by atoms with Gasteiger partial charge in [-0.3, -0.25) is 14.5 Å². The van der Waals surface area contributed by atoms with Gasteiger partial charge in [0.15, 0.2) is 0 Å². The van der Waals surface area contributed by atoms with Crippen LogP contribution in [0.2, 0.25) is 0 Å². The Morgan fingerprint density at radius 1 is 1.15 bits per heavy atom. The van der Waals surface area contributed by atoms with E-state index in [1.807, 2.05) is 0 Å². The van der Waals surface area contributed by atoms with E-state index in [-0.39, 0.29) is 31.0 Å². The molecule has 1 N–H and O–H groups in total. The lowest BCUT2D eigenvalue weighted by atomic mass is 10.3. The first-order valence-electron chi connectivity index (χ1n) is 8.82. The molecule has 148 valence electrons. The Morgan fingerprint density at radius 3 is 2.44 bits per heavy atom. The van der Waals surface area contributed by atoms with E-state index in [1.54, 1.807) is 34.7 Å². The van der Waals surface area contributed by atoms with Crippen molar-refractivity contribution in [2.24, 2.45) is 0 Å². The van der Waals surface area contributed by atoms with E-state index in [0.29, 0.717) is 38.5 Å². The molecule has 0 aromatic heterocycles. The van der Waals surface area contributed by atoms with E-state index in [0.717, 1.165) is 0 Å². The van der Waals surface area contributed by atoms with Crippen LogP contribution in [-0.2, 0) is 14.3 Å². The number of piperazine rings is 1. The third-order valence-electron chi connectivity index (χ3n) is 4.09. The fraction of sp³-hybridized carbons (Fsp3) is 0.500. The summed E-state index contributed by atoms with van der Waals surface area (Å²) in [4.78, 5) is 40.9. The van der Waals surface area contributed by atoms with Crippen LogP contribution in [-0.4, -0.2) is 85.5 Å². The van der Waals surface area contributed by atoms with Crippen molar-refractivity contribution in [1.82, 2.24) is 14.7 Å². The van der Waals surface area contributed by atoms with Crippen molar-refractivity contribution in [2.45, 2.75) is 6.92 Å². The van der Waals surface area contributed by atoms with Gasteiger partial charge in [0.25, 0.3) is 0 Å². The Kier molecular flexibility index (Phi) is 7.54. The molecule has 1 aromatic carbocycles. The minimum Gasteiger partial charge on any atom is -0.450 e. The van der Waals surface area contributed by atoms with Crippen molar-refractivity contribution in [3.8, 4) is 0 Å². The number of nitrogens with one attached hydrogen (secondary N) is 1. The highest BCUT2D eigenvalue weighted by Crippen LogP contribution is 2.09. The molecule has 8 nitrogen and oxygen atoms in total. The summed E-state index contributed by atoms with van der Waals surface area (Å²) < 4.78 is 18.1. The highest BCUT2D eigenvalue weighted by Gasteiger charge is 2.25. The molecule has 0 bridgehead atoms. The van der Waals surface area contributed by atoms with Gasteiger partial charge in [-0.25, -0.2) is 9.18 Å². The molecule has 1 aliphatic rings. The van der Waals surface area contributed by atoms with Gasteiger partial charge in [0.2, 0.25) is 11.8 Å². The SMILES string of the molecule is CCOC(=O)N1CCN(C(=O)CN(C)CC(=O)Nc2cccc(F)c2)CC1. The Balaban J connectivity index is 1.74. The van der Waals surface area contributed by atoms with E-state index in [9.17, 15) is 18.8 Å². The lowest BCUT2D eigenvalue weighted by Gasteiger charge is -2.34. The molecule has 1 heterocycles. The molecule has 0 aliphatic carbocycles. The van der Waals surface area contributed by atoms with E-state index in [1.165, 1.54) is 18.2 Å². The molecule has 1 fully saturated rings. The number of amides is 3. The van der Waals surface area contributed by atoms with Crippen LogP contribution >= 0.6 is 0 Å². The van der Waals surface area contributed by atoms with Gasteiger partial charge in [-0.2, -0.15) is 0 Å². The van der Waals surface area contributed by atoms with Gasteiger partial charge in [0.05, 0.1) is 19.7 Å². The van der Waals surface area contributed by atoms with Crippen LogP contribution in [0.4, 0.5) is 14.9 Å². The molecule has 0 atom stereocenters. The zero-order valence-corrected chi connectivity index (χ0v) is 15.6. The Labute approximate surface area is 157 Å². The largest absolute Gasteiger partial charge is 0.450 e. The summed E-state index contributed by atoms with van der Waals surface area (Å²) in [5.74, 6) is -0.874. The van der Waals surface area contributed by atoms with E-state index >= 15 is 0 Å². The first-order valence-corrected chi connectivity index (χ1v) is 8.82. The Hall–Kier alpha value is -2.68. The second-order valence-electron chi connectivity index (χ2n) is 6.30. The summed E-state index contributed by atoms with van der Waals surface area (Å²) in [5.41, 5.74) is 0.370. The lowest BCUT2D eigenvalue weighted by molar-refractivity contribution is -0.134. The number of nitrogens with zero attached hydrogens (tertiary/aromatic N) is 3. The summed E-state index contributed by atoms with van der Waals surface area (Å²) in [6.45, 7) is 3.87. The van der Waals surface area contributed by atoms with E-state index < -0.39 is 5.82 Å². The molecular weight excluding hydrogens is 355 g/mol. The normalized spacial score (nSPS) is 14.2. The van der Waals surface area contributed by atoms with Crippen molar-refractivity contribution in [3.63, 3.8) is 0 Å². The third kappa shape index (κ3) is 6.52. The smallest absolute Gasteiger partial charge is 0.409 e. The average molecular weight is 380 g/mol. The summed E-state index contributed by atoms with van der Waals surface area (Å²) in [7, 11) is 1.66. The van der Waals surface area contributed by atoms with Gasteiger partial charge in [-0.1, -0.05) is 6.07 Å². The molecule has 9 heteroatoms. The standard InChI is InChI=1S/C18H25FN4O4/c1-3-27-18(26)23-9-7-22(8-10-23)17(25)13-21(2)12-16(24)20-15-6-4-5-14(19)11-15/h4-6,11H,3,7-10,12-13H2,1-2H3,(H,20,24). The molecule has 1 aliphatic heterocycles. The minimum atomic E-state index is -0.432. The second-order valence-corrected chi connectivity index (χ2v) is 6.30. The van der Waals surface area contributed by atoms with Crippen LogP contribution in [0.5, 0.6) is 0 Å². The molecule has 0 spiro atoms. The predicted octanol–water partition coefficient (Wildman–Crippen LogP) is 0.997. The van der Waals surface area contributed by atoms with Crippen LogP contribution < -0.4 is 5.32 Å². The molecule has 1 aromatic rings. The predicted molar refractivity (Wildman–Crippen MR) is 97.7 cm³/mol. The molecule has 1 saturated heterocycles. The monoisotopic (exact) mass is 380 g/mol. The number of likely N-dealkylation sites (N-methyl/N-ethyl adjacent to an activating group) is 1. The first-order chi connectivity index (χ1) is 12.9. The summed E-state index contributed by atoms with van der Waals surface area (Å²) in [5, 5.41) is 2.59. The summed E-state index contributed by atoms with van der Waals surface area (Å²) in [6, 6.07) is 5.62. The van der Waals surface area contributed by atoms with Crippen molar-refractivity contribution < 1.29 is 23.5 Å². The third-order valence-corrected chi connectivity index (χ3v) is 4.09. The maximum Gasteiger partial charge on any atom is 0.409 e. The number of halogens is 1. The number of carbonyl (C=O) groups is 3. The average Bonchev–Trinajstić information content (AvgIpc) is 2.61. The van der Waals surface area contributed by atoms with Gasteiger partial charge >= 0.3 is 6.09 Å². The molecule has 0 radical (unpaired) electrons. The van der Waals surface area contributed by atoms with Gasteiger partial charge in [-0.05, 0) is 32.2 Å². The molecular formula is C18H25FN4O4. The summed E-state index contributed by atoms with van der Waals surface area (Å²) >= 11 is 0. The number of hydrogen-bond donors (Lipinski definition) is 1. The van der Waals surface area contributed by atoms with Crippen molar-refractivity contribution in [2.75, 3.05) is 58.2 Å². The van der Waals surface area contributed by atoms with Gasteiger partial charge in [-0.15, -0.1) is 0 Å². The van der Waals surface area contributed by atoms with Crippen molar-refractivity contribution >= 4 is 23.6 Å². The van der Waals surface area contributed by atoms with Crippen LogP contribution in [0, 0.1) is 5.82 Å². The molecule has 2 rings (SSSR count). The number of carbonyl (C=O) groups excluding carboxylic acids is 3. The van der Waals surface area contributed by atoms with E-state index in [4.69, 9.17) is 4.74 Å². The highest BCUT2D eigenvalue weighted by atomic mass is 19.1. The molecule has 3 amide bonds. The van der Waals surface area contributed by atoms with E-state index in [2.05, 4.69) is 5.32 Å². The summed E-state index contributed by atoms with van der Waals surface area (Å²) in [6.07, 6.45) is -0.365. The van der Waals surface area contributed by atoms with Gasteiger partial charge in [0, 0.05) is 31.9 Å². The molecule has 27 heavy (non-hydrogen) atoms. The van der Waals surface area contributed by atoms with Crippen molar-refractivity contribution in [1.29, 1.82) is 0 Å². The number of benzene rings is 1. The maximum absolute atomic E-state index is 13.1. The van der Waals surface area contributed by atoms with Gasteiger partial charge < -0.3 is 19.9 Å². The van der Waals surface area contributed by atoms with Crippen LogP contribution in [0.3, 0.4) is 0 Å². The van der Waals surface area contributed by atoms with Crippen LogP contribution in [0.25, 0.3) is 0 Å². The van der Waals surface area contributed by atoms with Crippen LogP contribution in [0.15, 0.2) is 24.3 Å². The number of hydrogen-bond acceptors (Lipinski definition) is 5. The first kappa shape index (κ1) is 20.6. The fourth-order valence-corrected chi connectivity index (χ4v) is 2.75. The Bertz CT molecular complexity index is 677.